The number of fused-ring (bicyclic) bond motifs is 1. The molecule has 0 amide bonds. The van der Waals surface area contributed by atoms with Gasteiger partial charge in [-0.15, -0.1) is 0 Å². The maximum absolute atomic E-state index is 6.07. The van der Waals surface area contributed by atoms with E-state index >= 15 is 0 Å². The zero-order chi connectivity index (χ0) is 22.1. The lowest BCUT2D eigenvalue weighted by atomic mass is 9.93. The van der Waals surface area contributed by atoms with Gasteiger partial charge < -0.3 is 15.5 Å². The zero-order valence-corrected chi connectivity index (χ0v) is 19.0. The first-order valence-corrected chi connectivity index (χ1v) is 11.2. The lowest BCUT2D eigenvalue weighted by Crippen LogP contribution is -2.33. The number of rotatable bonds is 9. The predicted octanol–water partition coefficient (Wildman–Crippen LogP) is 5.88. The molecule has 2 heterocycles. The first-order chi connectivity index (χ1) is 15.2. The highest BCUT2D eigenvalue weighted by Crippen LogP contribution is 2.26. The van der Waals surface area contributed by atoms with Crippen LogP contribution in [0.5, 0.6) is 5.75 Å². The first kappa shape index (κ1) is 22.7. The van der Waals surface area contributed by atoms with Crippen LogP contribution in [0.4, 0.5) is 0 Å². The van der Waals surface area contributed by atoms with Crippen LogP contribution in [0.15, 0.2) is 89.3 Å². The average Bonchev–Trinajstić information content (AvgIpc) is 3.29. The molecule has 0 saturated heterocycles. The Bertz CT molecular complexity index is 1020. The summed E-state index contributed by atoms with van der Waals surface area (Å²) in [6.45, 7) is 9.91. The van der Waals surface area contributed by atoms with Crippen LogP contribution in [0.25, 0.3) is 10.9 Å². The Kier molecular flexibility index (Phi) is 8.36. The van der Waals surface area contributed by atoms with Gasteiger partial charge in [-0.3, -0.25) is 4.90 Å². The Balaban J connectivity index is 1.55. The Labute approximate surface area is 186 Å². The van der Waals surface area contributed by atoms with Gasteiger partial charge >= 0.3 is 0 Å². The Morgan fingerprint density at radius 3 is 2.87 bits per heavy atom. The van der Waals surface area contributed by atoms with Crippen molar-refractivity contribution in [3.63, 3.8) is 0 Å². The molecule has 164 valence electrons. The van der Waals surface area contributed by atoms with Crippen molar-refractivity contribution in [2.45, 2.75) is 33.6 Å². The molecule has 31 heavy (non-hydrogen) atoms. The quantitative estimate of drug-likeness (QED) is 0.501. The average molecular weight is 418 g/mol. The minimum absolute atomic E-state index is 0.680. The summed E-state index contributed by atoms with van der Waals surface area (Å²) in [5.41, 5.74) is 12.1. The molecule has 0 bridgehead atoms. The number of nitrogens with one attached hydrogen (secondary N) is 1. The Hall–Kier alpha value is -2.98. The van der Waals surface area contributed by atoms with Crippen LogP contribution in [-0.4, -0.2) is 36.1 Å². The van der Waals surface area contributed by atoms with Gasteiger partial charge in [-0.1, -0.05) is 48.9 Å². The summed E-state index contributed by atoms with van der Waals surface area (Å²) < 4.78 is 6.07. The van der Waals surface area contributed by atoms with Gasteiger partial charge in [-0.2, -0.15) is 0 Å². The van der Waals surface area contributed by atoms with Gasteiger partial charge in [0.1, 0.15) is 12.4 Å². The van der Waals surface area contributed by atoms with E-state index in [-0.39, 0.29) is 0 Å². The standard InChI is InChI=1S/C27H35N3O/c1-4-21(3)8-6-9-22(5-2)25(20-28)23-13-16-30(17-14-23)18-19-31-27-11-7-10-26-24(27)12-15-29-26/h5-13,15,20,29H,4,14,16-19,28H2,1-3H3/b9-6-,21-8-,22-5+,25-20+. The highest BCUT2D eigenvalue weighted by Gasteiger charge is 2.16. The summed E-state index contributed by atoms with van der Waals surface area (Å²) in [5.74, 6) is 0.942. The third-order valence-corrected chi connectivity index (χ3v) is 5.86. The molecule has 1 aliphatic heterocycles. The van der Waals surface area contributed by atoms with E-state index in [0.29, 0.717) is 6.61 Å². The molecule has 4 nitrogen and oxygen atoms in total. The molecular formula is C27H35N3O. The monoisotopic (exact) mass is 417 g/mol. The first-order valence-electron chi connectivity index (χ1n) is 11.2. The molecule has 0 fully saturated rings. The normalized spacial score (nSPS) is 16.9. The number of aromatic amines is 1. The van der Waals surface area contributed by atoms with Gasteiger partial charge in [0.15, 0.2) is 0 Å². The van der Waals surface area contributed by atoms with Gasteiger partial charge in [0.2, 0.25) is 0 Å². The smallest absolute Gasteiger partial charge is 0.128 e. The van der Waals surface area contributed by atoms with E-state index in [1.807, 2.05) is 18.3 Å². The summed E-state index contributed by atoms with van der Waals surface area (Å²) in [4.78, 5) is 5.65. The number of nitrogens with zero attached hydrogens (tertiary/aromatic N) is 1. The number of hydrogen-bond donors (Lipinski definition) is 2. The number of H-pyrrole nitrogens is 1. The molecule has 3 N–H and O–H groups in total. The van der Waals surface area contributed by atoms with Crippen molar-refractivity contribution < 1.29 is 4.74 Å². The van der Waals surface area contributed by atoms with Crippen LogP contribution in [-0.2, 0) is 0 Å². The van der Waals surface area contributed by atoms with Crippen molar-refractivity contribution >= 4 is 10.9 Å². The molecule has 0 spiro atoms. The van der Waals surface area contributed by atoms with Crippen molar-refractivity contribution in [1.82, 2.24) is 9.88 Å². The molecule has 0 radical (unpaired) electrons. The van der Waals surface area contributed by atoms with Crippen LogP contribution < -0.4 is 10.5 Å². The van der Waals surface area contributed by atoms with Crippen LogP contribution in [0, 0.1) is 0 Å². The molecule has 0 atom stereocenters. The van der Waals surface area contributed by atoms with E-state index in [1.54, 1.807) is 6.20 Å². The van der Waals surface area contributed by atoms with Crippen molar-refractivity contribution in [3.05, 3.63) is 89.3 Å². The second kappa shape index (κ2) is 11.4. The number of allylic oxidation sites excluding steroid dienone is 7. The highest BCUT2D eigenvalue weighted by molar-refractivity contribution is 5.85. The van der Waals surface area contributed by atoms with Crippen molar-refractivity contribution in [2.24, 2.45) is 5.73 Å². The summed E-state index contributed by atoms with van der Waals surface area (Å²) in [6.07, 6.45) is 16.6. The van der Waals surface area contributed by atoms with Crippen molar-refractivity contribution in [2.75, 3.05) is 26.2 Å². The highest BCUT2D eigenvalue weighted by atomic mass is 16.5. The van der Waals surface area contributed by atoms with Crippen LogP contribution in [0.2, 0.25) is 0 Å². The second-order valence-electron chi connectivity index (χ2n) is 7.87. The minimum atomic E-state index is 0.680. The number of hydrogen-bond acceptors (Lipinski definition) is 3. The molecule has 1 aliphatic rings. The topological polar surface area (TPSA) is 54.3 Å². The van der Waals surface area contributed by atoms with Gasteiger partial charge in [0.05, 0.1) is 0 Å². The fourth-order valence-corrected chi connectivity index (χ4v) is 3.79. The molecule has 2 aromatic rings. The second-order valence-corrected chi connectivity index (χ2v) is 7.87. The van der Waals surface area contributed by atoms with Gasteiger partial charge in [0.25, 0.3) is 0 Å². The molecule has 1 aromatic heterocycles. The van der Waals surface area contributed by atoms with E-state index < -0.39 is 0 Å². The molecule has 0 unspecified atom stereocenters. The lowest BCUT2D eigenvalue weighted by molar-refractivity contribution is 0.220. The largest absolute Gasteiger partial charge is 0.492 e. The molecule has 0 aliphatic carbocycles. The summed E-state index contributed by atoms with van der Waals surface area (Å²) in [6, 6.07) is 8.19. The molecule has 4 heteroatoms. The van der Waals surface area contributed by atoms with E-state index in [0.717, 1.165) is 54.7 Å². The maximum Gasteiger partial charge on any atom is 0.128 e. The lowest BCUT2D eigenvalue weighted by Gasteiger charge is -2.27. The Morgan fingerprint density at radius 2 is 2.16 bits per heavy atom. The van der Waals surface area contributed by atoms with Crippen LogP contribution in [0.3, 0.4) is 0 Å². The molecular weight excluding hydrogens is 382 g/mol. The van der Waals surface area contributed by atoms with Gasteiger partial charge in [-0.05, 0) is 61.6 Å². The Morgan fingerprint density at radius 1 is 1.29 bits per heavy atom. The third kappa shape index (κ3) is 6.02. The van der Waals surface area contributed by atoms with Crippen LogP contribution in [0.1, 0.15) is 33.6 Å². The minimum Gasteiger partial charge on any atom is -0.492 e. The van der Waals surface area contributed by atoms with Gasteiger partial charge in [-0.25, -0.2) is 0 Å². The summed E-state index contributed by atoms with van der Waals surface area (Å²) in [5, 5.41) is 1.14. The van der Waals surface area contributed by atoms with E-state index in [4.69, 9.17) is 10.5 Å². The number of ether oxygens (including phenoxy) is 1. The fraction of sp³-hybridized carbons (Fsp3) is 0.333. The van der Waals surface area contributed by atoms with Crippen LogP contribution >= 0.6 is 0 Å². The maximum atomic E-state index is 6.07. The molecule has 1 aromatic carbocycles. The van der Waals surface area contributed by atoms with Crippen molar-refractivity contribution in [1.29, 1.82) is 0 Å². The molecule has 0 saturated carbocycles. The summed E-state index contributed by atoms with van der Waals surface area (Å²) in [7, 11) is 0. The van der Waals surface area contributed by atoms with E-state index in [2.05, 4.69) is 73.2 Å². The van der Waals surface area contributed by atoms with Gasteiger partial charge in [0, 0.05) is 42.9 Å². The SMILES string of the molecule is C/C=C(\C=C/C=C(/C)CC)C(=C\N)/C1=CCN(CCOc2cccc3[nH]ccc23)CC1. The molecule has 3 rings (SSSR count). The number of aromatic nitrogens is 1. The number of benzene rings is 1. The third-order valence-electron chi connectivity index (χ3n) is 5.86. The summed E-state index contributed by atoms with van der Waals surface area (Å²) >= 11 is 0. The number of nitrogens with two attached hydrogens (primary N) is 1. The predicted molar refractivity (Wildman–Crippen MR) is 132 cm³/mol. The fourth-order valence-electron chi connectivity index (χ4n) is 3.79. The van der Waals surface area contributed by atoms with E-state index in [9.17, 15) is 0 Å². The van der Waals surface area contributed by atoms with E-state index in [1.165, 1.54) is 16.7 Å². The zero-order valence-electron chi connectivity index (χ0n) is 19.0. The van der Waals surface area contributed by atoms with Crippen molar-refractivity contribution in [3.8, 4) is 5.75 Å².